The molecule has 1 aromatic heterocycles. The average molecular weight is 331 g/mol. The molecule has 24 heavy (non-hydrogen) atoms. The number of carboxylic acid groups (broad SMARTS) is 1. The van der Waals surface area contributed by atoms with Crippen LogP contribution in [0.4, 0.5) is 0 Å². The molecule has 1 heterocycles. The van der Waals surface area contributed by atoms with Gasteiger partial charge in [-0.05, 0) is 25.5 Å². The van der Waals surface area contributed by atoms with Gasteiger partial charge in [-0.2, -0.15) is 5.10 Å². The van der Waals surface area contributed by atoms with Crippen LogP contribution in [-0.2, 0) is 11.2 Å². The number of aliphatic carboxylic acids is 1. The van der Waals surface area contributed by atoms with Crippen molar-refractivity contribution in [1.82, 2.24) is 15.1 Å². The van der Waals surface area contributed by atoms with Crippen LogP contribution in [0.1, 0.15) is 36.3 Å². The number of aliphatic hydroxyl groups is 1. The first-order valence-corrected chi connectivity index (χ1v) is 7.73. The SMILES string of the molecule is CCCc1c(C(=O)NCC(C)(O)C(=O)O)cnn1-c1ccccc1. The van der Waals surface area contributed by atoms with Crippen molar-refractivity contribution < 1.29 is 19.8 Å². The number of nitrogens with one attached hydrogen (secondary N) is 1. The summed E-state index contributed by atoms with van der Waals surface area (Å²) in [6, 6.07) is 9.45. The number of carbonyl (C=O) groups excluding carboxylic acids is 1. The van der Waals surface area contributed by atoms with Crippen molar-refractivity contribution in [2.45, 2.75) is 32.3 Å². The van der Waals surface area contributed by atoms with Crippen LogP contribution in [0.5, 0.6) is 0 Å². The second-order valence-electron chi connectivity index (χ2n) is 5.76. The van der Waals surface area contributed by atoms with Crippen LogP contribution in [0.15, 0.2) is 36.5 Å². The molecule has 0 spiro atoms. The second-order valence-corrected chi connectivity index (χ2v) is 5.76. The van der Waals surface area contributed by atoms with Crippen LogP contribution < -0.4 is 5.32 Å². The lowest BCUT2D eigenvalue weighted by molar-refractivity contribution is -0.155. The quantitative estimate of drug-likeness (QED) is 0.711. The van der Waals surface area contributed by atoms with E-state index in [9.17, 15) is 14.7 Å². The Kier molecular flexibility index (Phi) is 5.35. The minimum absolute atomic E-state index is 0.377. The average Bonchev–Trinajstić information content (AvgIpc) is 2.97. The Hall–Kier alpha value is -2.67. The normalized spacial score (nSPS) is 13.3. The Bertz CT molecular complexity index is 723. The van der Waals surface area contributed by atoms with Gasteiger partial charge in [-0.15, -0.1) is 0 Å². The van der Waals surface area contributed by atoms with E-state index in [0.717, 1.165) is 24.7 Å². The van der Waals surface area contributed by atoms with Gasteiger partial charge in [-0.25, -0.2) is 9.48 Å². The molecule has 0 aliphatic rings. The molecule has 0 aliphatic heterocycles. The van der Waals surface area contributed by atoms with E-state index in [2.05, 4.69) is 10.4 Å². The molecule has 0 aliphatic carbocycles. The molecular formula is C17H21N3O4. The van der Waals surface area contributed by atoms with Crippen LogP contribution in [0.3, 0.4) is 0 Å². The maximum Gasteiger partial charge on any atom is 0.337 e. The highest BCUT2D eigenvalue weighted by Gasteiger charge is 2.31. The minimum atomic E-state index is -2.02. The van der Waals surface area contributed by atoms with Gasteiger partial charge in [0, 0.05) is 0 Å². The summed E-state index contributed by atoms with van der Waals surface area (Å²) in [5.74, 6) is -1.85. The van der Waals surface area contributed by atoms with Crippen molar-refractivity contribution in [2.24, 2.45) is 0 Å². The van der Waals surface area contributed by atoms with Gasteiger partial charge in [0.1, 0.15) is 0 Å². The maximum atomic E-state index is 12.4. The predicted octanol–water partition coefficient (Wildman–Crippen LogP) is 1.39. The summed E-state index contributed by atoms with van der Waals surface area (Å²) in [7, 11) is 0. The van der Waals surface area contributed by atoms with Crippen molar-refractivity contribution in [2.75, 3.05) is 6.54 Å². The van der Waals surface area contributed by atoms with Gasteiger partial charge in [-0.1, -0.05) is 31.5 Å². The molecule has 3 N–H and O–H groups in total. The van der Waals surface area contributed by atoms with E-state index < -0.39 is 17.5 Å². The third-order valence-electron chi connectivity index (χ3n) is 3.65. The third kappa shape index (κ3) is 3.80. The van der Waals surface area contributed by atoms with Gasteiger partial charge < -0.3 is 15.5 Å². The molecule has 0 radical (unpaired) electrons. The number of nitrogens with zero attached hydrogens (tertiary/aromatic N) is 2. The first kappa shape index (κ1) is 17.7. The Morgan fingerprint density at radius 3 is 2.54 bits per heavy atom. The molecule has 7 nitrogen and oxygen atoms in total. The van der Waals surface area contributed by atoms with Gasteiger partial charge in [0.15, 0.2) is 5.60 Å². The lowest BCUT2D eigenvalue weighted by atomic mass is 10.1. The van der Waals surface area contributed by atoms with Gasteiger partial charge in [0.25, 0.3) is 5.91 Å². The summed E-state index contributed by atoms with van der Waals surface area (Å²) in [4.78, 5) is 23.3. The molecule has 1 atom stereocenters. The van der Waals surface area contributed by atoms with E-state index >= 15 is 0 Å². The minimum Gasteiger partial charge on any atom is -0.479 e. The Morgan fingerprint density at radius 2 is 1.96 bits per heavy atom. The molecule has 2 rings (SSSR count). The zero-order chi connectivity index (χ0) is 17.7. The standard InChI is InChI=1S/C17H21N3O4/c1-3-7-14-13(15(21)18-11-17(2,24)16(22)23)10-19-20(14)12-8-5-4-6-9-12/h4-6,8-10,24H,3,7,11H2,1-2H3,(H,18,21)(H,22,23). The molecule has 0 bridgehead atoms. The summed E-state index contributed by atoms with van der Waals surface area (Å²) in [6.45, 7) is 2.75. The molecule has 1 aromatic carbocycles. The fraction of sp³-hybridized carbons (Fsp3) is 0.353. The number of benzene rings is 1. The fourth-order valence-electron chi connectivity index (χ4n) is 2.26. The summed E-state index contributed by atoms with van der Waals surface area (Å²) in [5, 5.41) is 25.4. The van der Waals surface area contributed by atoms with Crippen LogP contribution in [0.2, 0.25) is 0 Å². The number of rotatable bonds is 7. The number of hydrogen-bond donors (Lipinski definition) is 3. The summed E-state index contributed by atoms with van der Waals surface area (Å²) < 4.78 is 1.70. The van der Waals surface area contributed by atoms with E-state index in [1.807, 2.05) is 37.3 Å². The molecule has 7 heteroatoms. The van der Waals surface area contributed by atoms with E-state index in [4.69, 9.17) is 5.11 Å². The number of hydrogen-bond acceptors (Lipinski definition) is 4. The van der Waals surface area contributed by atoms with Crippen molar-refractivity contribution >= 4 is 11.9 Å². The highest BCUT2D eigenvalue weighted by Crippen LogP contribution is 2.17. The van der Waals surface area contributed by atoms with E-state index in [0.29, 0.717) is 12.0 Å². The lowest BCUT2D eigenvalue weighted by Gasteiger charge is -2.18. The topological polar surface area (TPSA) is 104 Å². The molecule has 0 fully saturated rings. The molecule has 128 valence electrons. The highest BCUT2D eigenvalue weighted by molar-refractivity contribution is 5.95. The second kappa shape index (κ2) is 7.27. The molecule has 0 saturated heterocycles. The third-order valence-corrected chi connectivity index (χ3v) is 3.65. The molecule has 2 aromatic rings. The maximum absolute atomic E-state index is 12.4. The van der Waals surface area contributed by atoms with Gasteiger partial charge in [0.05, 0.1) is 29.7 Å². The molecule has 1 amide bonds. The lowest BCUT2D eigenvalue weighted by Crippen LogP contribution is -2.46. The van der Waals surface area contributed by atoms with Crippen molar-refractivity contribution in [1.29, 1.82) is 0 Å². The zero-order valence-corrected chi connectivity index (χ0v) is 13.7. The number of aromatic nitrogens is 2. The zero-order valence-electron chi connectivity index (χ0n) is 13.7. The molecular weight excluding hydrogens is 310 g/mol. The smallest absolute Gasteiger partial charge is 0.337 e. The van der Waals surface area contributed by atoms with E-state index in [1.54, 1.807) is 4.68 Å². The summed E-state index contributed by atoms with van der Waals surface area (Å²) in [5.41, 5.74) is -0.0497. The Labute approximate surface area is 139 Å². The Balaban J connectivity index is 2.25. The molecule has 0 saturated carbocycles. The summed E-state index contributed by atoms with van der Waals surface area (Å²) in [6.07, 6.45) is 2.93. The molecule has 1 unspecified atom stereocenters. The van der Waals surface area contributed by atoms with Gasteiger partial charge in [-0.3, -0.25) is 4.79 Å². The van der Waals surface area contributed by atoms with Crippen molar-refractivity contribution in [3.8, 4) is 5.69 Å². The van der Waals surface area contributed by atoms with Gasteiger partial charge >= 0.3 is 5.97 Å². The first-order chi connectivity index (χ1) is 11.4. The van der Waals surface area contributed by atoms with Crippen molar-refractivity contribution in [3.63, 3.8) is 0 Å². The van der Waals surface area contributed by atoms with Crippen LogP contribution in [-0.4, -0.2) is 44.0 Å². The van der Waals surface area contributed by atoms with Gasteiger partial charge in [0.2, 0.25) is 0 Å². The van der Waals surface area contributed by atoms with Crippen LogP contribution >= 0.6 is 0 Å². The van der Waals surface area contributed by atoms with Crippen molar-refractivity contribution in [3.05, 3.63) is 47.8 Å². The number of para-hydroxylation sites is 1. The Morgan fingerprint density at radius 1 is 1.29 bits per heavy atom. The number of amides is 1. The van der Waals surface area contributed by atoms with Crippen LogP contribution in [0, 0.1) is 0 Å². The predicted molar refractivity (Wildman–Crippen MR) is 88.2 cm³/mol. The highest BCUT2D eigenvalue weighted by atomic mass is 16.4. The fourth-order valence-corrected chi connectivity index (χ4v) is 2.26. The first-order valence-electron chi connectivity index (χ1n) is 7.73. The monoisotopic (exact) mass is 331 g/mol. The number of carboxylic acids is 1. The van der Waals surface area contributed by atoms with Crippen LogP contribution in [0.25, 0.3) is 5.69 Å². The van der Waals surface area contributed by atoms with E-state index in [1.165, 1.54) is 6.20 Å². The number of carbonyl (C=O) groups is 2. The summed E-state index contributed by atoms with van der Waals surface area (Å²) >= 11 is 0. The largest absolute Gasteiger partial charge is 0.479 e. The van der Waals surface area contributed by atoms with E-state index in [-0.39, 0.29) is 6.54 Å².